The molecule has 0 saturated carbocycles. The predicted molar refractivity (Wildman–Crippen MR) is 96.1 cm³/mol. The largest absolute Gasteiger partial charge is 0.303 e. The zero-order valence-corrected chi connectivity index (χ0v) is 15.9. The molecule has 0 atom stereocenters. The lowest BCUT2D eigenvalue weighted by molar-refractivity contribution is 0.269. The molecule has 8 heteroatoms. The normalized spacial score (nSPS) is 12.2. The second-order valence-electron chi connectivity index (χ2n) is 5.52. The van der Waals surface area contributed by atoms with Crippen molar-refractivity contribution in [2.24, 2.45) is 0 Å². The molecule has 0 aliphatic heterocycles. The molecular formula is C17H22F2N2O2S2. The number of thiophene rings is 1. The predicted octanol–water partition coefficient (Wildman–Crippen LogP) is 3.56. The number of likely N-dealkylation sites (N-methyl/N-ethyl adjacent to an activating group) is 1. The summed E-state index contributed by atoms with van der Waals surface area (Å²) in [5, 5.41) is 1.88. The van der Waals surface area contributed by atoms with Gasteiger partial charge in [-0.15, -0.1) is 11.3 Å². The molecule has 0 aliphatic rings. The Balaban J connectivity index is 2.29. The monoisotopic (exact) mass is 388 g/mol. The Hall–Kier alpha value is -1.35. The summed E-state index contributed by atoms with van der Waals surface area (Å²) in [4.78, 5) is 2.77. The lowest BCUT2D eigenvalue weighted by Crippen LogP contribution is -2.38. The van der Waals surface area contributed by atoms with Crippen molar-refractivity contribution in [3.63, 3.8) is 0 Å². The van der Waals surface area contributed by atoms with E-state index in [1.807, 2.05) is 31.4 Å². The molecule has 0 fully saturated rings. The molecule has 0 saturated heterocycles. The van der Waals surface area contributed by atoms with E-state index in [2.05, 4.69) is 4.90 Å². The van der Waals surface area contributed by atoms with E-state index >= 15 is 0 Å². The van der Waals surface area contributed by atoms with Gasteiger partial charge in [-0.1, -0.05) is 19.9 Å². The summed E-state index contributed by atoms with van der Waals surface area (Å²) < 4.78 is 53.9. The summed E-state index contributed by atoms with van der Waals surface area (Å²) in [6, 6.07) is 6.40. The highest BCUT2D eigenvalue weighted by Crippen LogP contribution is 2.22. The minimum absolute atomic E-state index is 0.209. The number of rotatable bonds is 9. The molecule has 1 heterocycles. The number of sulfonamides is 1. The smallest absolute Gasteiger partial charge is 0.243 e. The summed E-state index contributed by atoms with van der Waals surface area (Å²) in [7, 11) is -3.92. The Morgan fingerprint density at radius 3 is 2.32 bits per heavy atom. The summed E-state index contributed by atoms with van der Waals surface area (Å²) in [6.07, 6.45) is 0. The molecule has 0 unspecified atom stereocenters. The van der Waals surface area contributed by atoms with E-state index in [1.165, 1.54) is 15.6 Å². The highest BCUT2D eigenvalue weighted by molar-refractivity contribution is 7.89. The first-order valence-electron chi connectivity index (χ1n) is 8.08. The fraction of sp³-hybridized carbons (Fsp3) is 0.412. The Morgan fingerprint density at radius 2 is 1.76 bits per heavy atom. The van der Waals surface area contributed by atoms with Crippen LogP contribution in [0.5, 0.6) is 0 Å². The quantitative estimate of drug-likeness (QED) is 0.660. The minimum atomic E-state index is -3.92. The molecule has 138 valence electrons. The lowest BCUT2D eigenvalue weighted by atomic mass is 10.3. The van der Waals surface area contributed by atoms with Crippen LogP contribution >= 0.6 is 11.3 Å². The van der Waals surface area contributed by atoms with E-state index in [9.17, 15) is 17.2 Å². The average Bonchev–Trinajstić information content (AvgIpc) is 3.10. The first-order chi connectivity index (χ1) is 11.9. The third-order valence-corrected chi connectivity index (χ3v) is 6.70. The molecule has 25 heavy (non-hydrogen) atoms. The summed E-state index contributed by atoms with van der Waals surface area (Å²) in [6.45, 7) is 6.71. The third kappa shape index (κ3) is 5.07. The van der Waals surface area contributed by atoms with Gasteiger partial charge < -0.3 is 4.90 Å². The van der Waals surface area contributed by atoms with Crippen LogP contribution in [0.4, 0.5) is 8.78 Å². The van der Waals surface area contributed by atoms with Crippen LogP contribution < -0.4 is 0 Å². The van der Waals surface area contributed by atoms with Crippen molar-refractivity contribution in [2.75, 3.05) is 26.2 Å². The van der Waals surface area contributed by atoms with E-state index in [4.69, 9.17) is 0 Å². The van der Waals surface area contributed by atoms with Gasteiger partial charge in [0.25, 0.3) is 0 Å². The SMILES string of the molecule is CCN(CC)CCN(Cc1cccs1)S(=O)(=O)c1ccc(F)c(F)c1. The standard InChI is InChI=1S/C17H22F2N2O2S2/c1-3-20(4-2)9-10-21(13-14-6-5-11-24-14)25(22,23)15-7-8-16(18)17(19)12-15/h5-8,11-12H,3-4,9-10,13H2,1-2H3. The van der Waals surface area contributed by atoms with E-state index < -0.39 is 21.7 Å². The number of hydrogen-bond acceptors (Lipinski definition) is 4. The maximum Gasteiger partial charge on any atom is 0.243 e. The highest BCUT2D eigenvalue weighted by atomic mass is 32.2. The van der Waals surface area contributed by atoms with Crippen LogP contribution in [0.1, 0.15) is 18.7 Å². The number of hydrogen-bond donors (Lipinski definition) is 0. The van der Waals surface area contributed by atoms with Gasteiger partial charge in [0.2, 0.25) is 10.0 Å². The van der Waals surface area contributed by atoms with Gasteiger partial charge in [0.1, 0.15) is 0 Å². The van der Waals surface area contributed by atoms with Crippen LogP contribution in [0, 0.1) is 11.6 Å². The van der Waals surface area contributed by atoms with Gasteiger partial charge in [-0.3, -0.25) is 0 Å². The van der Waals surface area contributed by atoms with E-state index in [1.54, 1.807) is 0 Å². The maximum atomic E-state index is 13.5. The van der Waals surface area contributed by atoms with Crippen molar-refractivity contribution in [1.82, 2.24) is 9.21 Å². The minimum Gasteiger partial charge on any atom is -0.303 e. The Kier molecular flexibility index (Phi) is 7.06. The number of nitrogens with zero attached hydrogens (tertiary/aromatic N) is 2. The van der Waals surface area contributed by atoms with Crippen molar-refractivity contribution in [3.8, 4) is 0 Å². The summed E-state index contributed by atoms with van der Waals surface area (Å²) in [5.41, 5.74) is 0. The van der Waals surface area contributed by atoms with Crippen molar-refractivity contribution < 1.29 is 17.2 Å². The molecule has 0 N–H and O–H groups in total. The zero-order valence-electron chi connectivity index (χ0n) is 14.3. The van der Waals surface area contributed by atoms with Crippen LogP contribution in [-0.4, -0.2) is 43.8 Å². The van der Waals surface area contributed by atoms with Gasteiger partial charge in [0.05, 0.1) is 4.90 Å². The van der Waals surface area contributed by atoms with Crippen LogP contribution in [-0.2, 0) is 16.6 Å². The van der Waals surface area contributed by atoms with Gasteiger partial charge in [0, 0.05) is 24.5 Å². The molecule has 0 radical (unpaired) electrons. The van der Waals surface area contributed by atoms with Crippen molar-refractivity contribution in [3.05, 3.63) is 52.2 Å². The number of benzene rings is 1. The molecule has 0 bridgehead atoms. The molecular weight excluding hydrogens is 366 g/mol. The molecule has 0 spiro atoms. The second kappa shape index (κ2) is 8.84. The summed E-state index contributed by atoms with van der Waals surface area (Å²) in [5.74, 6) is -2.23. The Morgan fingerprint density at radius 1 is 1.04 bits per heavy atom. The molecule has 0 aliphatic carbocycles. The molecule has 1 aromatic heterocycles. The Bertz CT molecular complexity index is 776. The van der Waals surface area contributed by atoms with E-state index in [0.29, 0.717) is 6.54 Å². The van der Waals surface area contributed by atoms with Crippen LogP contribution in [0.15, 0.2) is 40.6 Å². The van der Waals surface area contributed by atoms with Crippen molar-refractivity contribution in [2.45, 2.75) is 25.3 Å². The fourth-order valence-electron chi connectivity index (χ4n) is 2.44. The van der Waals surface area contributed by atoms with Gasteiger partial charge in [0.15, 0.2) is 11.6 Å². The summed E-state index contributed by atoms with van der Waals surface area (Å²) >= 11 is 1.46. The van der Waals surface area contributed by atoms with Crippen molar-refractivity contribution in [1.29, 1.82) is 0 Å². The topological polar surface area (TPSA) is 40.6 Å². The fourth-order valence-corrected chi connectivity index (χ4v) is 4.66. The first-order valence-corrected chi connectivity index (χ1v) is 10.4. The van der Waals surface area contributed by atoms with Gasteiger partial charge in [-0.05, 0) is 42.7 Å². The average molecular weight is 389 g/mol. The highest BCUT2D eigenvalue weighted by Gasteiger charge is 2.26. The van der Waals surface area contributed by atoms with Crippen LogP contribution in [0.3, 0.4) is 0 Å². The second-order valence-corrected chi connectivity index (χ2v) is 8.49. The Labute approximate surface area is 151 Å². The molecule has 2 rings (SSSR count). The van der Waals surface area contributed by atoms with E-state index in [0.717, 1.165) is 36.2 Å². The zero-order chi connectivity index (χ0) is 18.4. The maximum absolute atomic E-state index is 13.5. The lowest BCUT2D eigenvalue weighted by Gasteiger charge is -2.25. The van der Waals surface area contributed by atoms with Crippen LogP contribution in [0.25, 0.3) is 0 Å². The van der Waals surface area contributed by atoms with Gasteiger partial charge in [-0.25, -0.2) is 17.2 Å². The van der Waals surface area contributed by atoms with Crippen molar-refractivity contribution >= 4 is 21.4 Å². The molecule has 1 aromatic carbocycles. The van der Waals surface area contributed by atoms with E-state index in [-0.39, 0.29) is 18.0 Å². The van der Waals surface area contributed by atoms with Gasteiger partial charge in [-0.2, -0.15) is 4.31 Å². The third-order valence-electron chi connectivity index (χ3n) is 4.00. The molecule has 0 amide bonds. The number of halogens is 2. The van der Waals surface area contributed by atoms with Gasteiger partial charge >= 0.3 is 0 Å². The van der Waals surface area contributed by atoms with Crippen LogP contribution in [0.2, 0.25) is 0 Å². The molecule has 2 aromatic rings. The first kappa shape index (κ1) is 20.0. The molecule has 4 nitrogen and oxygen atoms in total.